The van der Waals surface area contributed by atoms with E-state index in [2.05, 4.69) is 36.1 Å². The van der Waals surface area contributed by atoms with Crippen LogP contribution in [0.5, 0.6) is 0 Å². The second-order valence-corrected chi connectivity index (χ2v) is 5.08. The number of nitrogen functional groups attached to an aromatic ring is 2. The lowest BCUT2D eigenvalue weighted by atomic mass is 10.0. The predicted octanol–water partition coefficient (Wildman–Crippen LogP) is 3.92. The van der Waals surface area contributed by atoms with E-state index in [1.165, 1.54) is 11.1 Å². The van der Waals surface area contributed by atoms with Crippen molar-refractivity contribution in [1.82, 2.24) is 0 Å². The van der Waals surface area contributed by atoms with Crippen LogP contribution in [0.4, 0.5) is 11.4 Å². The van der Waals surface area contributed by atoms with Gasteiger partial charge in [-0.2, -0.15) is 0 Å². The topological polar surface area (TPSA) is 52.0 Å². The Morgan fingerprint density at radius 2 is 1.09 bits per heavy atom. The Kier molecular flexibility index (Phi) is 3.80. The molecule has 0 fully saturated rings. The molecule has 4 N–H and O–H groups in total. The average Bonchev–Trinajstić information content (AvgIpc) is 2.53. The minimum absolute atomic E-state index is 0.628. The molecular formula is C20H16N2. The molecule has 2 nitrogen and oxygen atoms in total. The zero-order valence-corrected chi connectivity index (χ0v) is 12.1. The van der Waals surface area contributed by atoms with Crippen LogP contribution in [-0.4, -0.2) is 0 Å². The molecule has 0 bridgehead atoms. The quantitative estimate of drug-likeness (QED) is 0.525. The summed E-state index contributed by atoms with van der Waals surface area (Å²) in [6.45, 7) is 0. The fourth-order valence-corrected chi connectivity index (χ4v) is 2.27. The van der Waals surface area contributed by atoms with E-state index in [4.69, 9.17) is 11.5 Å². The zero-order chi connectivity index (χ0) is 15.4. The van der Waals surface area contributed by atoms with Gasteiger partial charge in [-0.25, -0.2) is 0 Å². The van der Waals surface area contributed by atoms with Gasteiger partial charge in [-0.15, -0.1) is 0 Å². The molecule has 0 saturated carbocycles. The third-order valence-electron chi connectivity index (χ3n) is 3.32. The van der Waals surface area contributed by atoms with Crippen molar-refractivity contribution in [2.24, 2.45) is 0 Å². The first kappa shape index (κ1) is 13.8. The van der Waals surface area contributed by atoms with Crippen LogP contribution < -0.4 is 11.5 Å². The summed E-state index contributed by atoms with van der Waals surface area (Å²) in [5, 5.41) is 0. The minimum Gasteiger partial charge on any atom is -0.399 e. The highest BCUT2D eigenvalue weighted by Crippen LogP contribution is 2.19. The van der Waals surface area contributed by atoms with Crippen molar-refractivity contribution in [2.45, 2.75) is 0 Å². The number of rotatable bonds is 1. The van der Waals surface area contributed by atoms with E-state index in [0.29, 0.717) is 11.4 Å². The summed E-state index contributed by atoms with van der Waals surface area (Å²) in [5.74, 6) is 6.22. The van der Waals surface area contributed by atoms with E-state index in [-0.39, 0.29) is 0 Å². The smallest absolute Gasteiger partial charge is 0.0347 e. The van der Waals surface area contributed by atoms with Gasteiger partial charge in [-0.3, -0.25) is 0 Å². The van der Waals surface area contributed by atoms with Gasteiger partial charge in [0.2, 0.25) is 0 Å². The maximum absolute atomic E-state index is 5.76. The van der Waals surface area contributed by atoms with Gasteiger partial charge in [-0.1, -0.05) is 54.3 Å². The molecule has 3 aromatic carbocycles. The van der Waals surface area contributed by atoms with Gasteiger partial charge < -0.3 is 11.5 Å². The number of nitrogens with two attached hydrogens (primary N) is 2. The van der Waals surface area contributed by atoms with E-state index >= 15 is 0 Å². The van der Waals surface area contributed by atoms with Crippen LogP contribution in [0.25, 0.3) is 11.1 Å². The minimum atomic E-state index is 0.628. The molecule has 0 unspecified atom stereocenters. The summed E-state index contributed by atoms with van der Waals surface area (Å²) in [7, 11) is 0. The molecule has 0 aliphatic heterocycles. The Labute approximate surface area is 130 Å². The van der Waals surface area contributed by atoms with E-state index in [0.717, 1.165) is 11.1 Å². The molecule has 22 heavy (non-hydrogen) atoms. The van der Waals surface area contributed by atoms with Gasteiger partial charge in [0.25, 0.3) is 0 Å². The fourth-order valence-electron chi connectivity index (χ4n) is 2.27. The Bertz CT molecular complexity index is 818. The molecule has 3 aromatic rings. The molecule has 0 aliphatic carbocycles. The Morgan fingerprint density at radius 1 is 0.545 bits per heavy atom. The molecule has 106 valence electrons. The normalized spacial score (nSPS) is 9.82. The lowest BCUT2D eigenvalue weighted by molar-refractivity contribution is 1.59. The first-order chi connectivity index (χ1) is 10.7. The third-order valence-corrected chi connectivity index (χ3v) is 3.32. The second kappa shape index (κ2) is 6.07. The lowest BCUT2D eigenvalue weighted by Gasteiger charge is -2.01. The van der Waals surface area contributed by atoms with Gasteiger partial charge in [0, 0.05) is 22.5 Å². The molecule has 2 heteroatoms. The van der Waals surface area contributed by atoms with E-state index in [1.807, 2.05) is 42.5 Å². The molecule has 0 amide bonds. The van der Waals surface area contributed by atoms with Crippen molar-refractivity contribution in [3.63, 3.8) is 0 Å². The summed E-state index contributed by atoms with van der Waals surface area (Å²) in [6.07, 6.45) is 0. The van der Waals surface area contributed by atoms with E-state index < -0.39 is 0 Å². The highest BCUT2D eigenvalue weighted by atomic mass is 14.6. The standard InChI is InChI=1S/C20H16N2/c21-19-12-16(13-20(22)14-19)7-6-15-8-10-18(11-9-15)17-4-2-1-3-5-17/h1-5,8-14H,21-22H2. The molecule has 0 aromatic heterocycles. The monoisotopic (exact) mass is 284 g/mol. The SMILES string of the molecule is Nc1cc(N)cc(C#Cc2ccc(-c3ccccc3)cc2)c1. The summed E-state index contributed by atoms with van der Waals surface area (Å²) in [4.78, 5) is 0. The van der Waals surface area contributed by atoms with Crippen LogP contribution in [-0.2, 0) is 0 Å². The highest BCUT2D eigenvalue weighted by Gasteiger charge is 1.96. The van der Waals surface area contributed by atoms with Gasteiger partial charge in [0.05, 0.1) is 0 Å². The van der Waals surface area contributed by atoms with Crippen molar-refractivity contribution in [2.75, 3.05) is 11.5 Å². The van der Waals surface area contributed by atoms with E-state index in [9.17, 15) is 0 Å². The summed E-state index contributed by atoms with van der Waals surface area (Å²) in [6, 6.07) is 23.8. The molecule has 0 heterocycles. The van der Waals surface area contributed by atoms with Crippen molar-refractivity contribution in [1.29, 1.82) is 0 Å². The lowest BCUT2D eigenvalue weighted by Crippen LogP contribution is -1.91. The summed E-state index contributed by atoms with van der Waals surface area (Å²) < 4.78 is 0. The average molecular weight is 284 g/mol. The zero-order valence-electron chi connectivity index (χ0n) is 12.1. The van der Waals surface area contributed by atoms with Gasteiger partial charge in [0.1, 0.15) is 0 Å². The van der Waals surface area contributed by atoms with Gasteiger partial charge in [0.15, 0.2) is 0 Å². The second-order valence-electron chi connectivity index (χ2n) is 5.08. The van der Waals surface area contributed by atoms with Crippen molar-refractivity contribution in [3.8, 4) is 23.0 Å². The van der Waals surface area contributed by atoms with Crippen LogP contribution in [0.1, 0.15) is 11.1 Å². The fraction of sp³-hybridized carbons (Fsp3) is 0. The molecular weight excluding hydrogens is 268 g/mol. The van der Waals surface area contributed by atoms with Gasteiger partial charge >= 0.3 is 0 Å². The predicted molar refractivity (Wildman–Crippen MR) is 93.1 cm³/mol. The number of benzene rings is 3. The van der Waals surface area contributed by atoms with Crippen molar-refractivity contribution in [3.05, 3.63) is 83.9 Å². The Balaban J connectivity index is 1.84. The number of hydrogen-bond donors (Lipinski definition) is 2. The van der Waals surface area contributed by atoms with E-state index in [1.54, 1.807) is 6.07 Å². The van der Waals surface area contributed by atoms with Crippen LogP contribution in [0.3, 0.4) is 0 Å². The number of anilines is 2. The van der Waals surface area contributed by atoms with Crippen LogP contribution in [0, 0.1) is 11.8 Å². The van der Waals surface area contributed by atoms with Gasteiger partial charge in [-0.05, 0) is 41.5 Å². The highest BCUT2D eigenvalue weighted by molar-refractivity contribution is 5.64. The molecule has 0 spiro atoms. The largest absolute Gasteiger partial charge is 0.399 e. The Morgan fingerprint density at radius 3 is 1.73 bits per heavy atom. The van der Waals surface area contributed by atoms with Crippen LogP contribution in [0.15, 0.2) is 72.8 Å². The molecule has 0 atom stereocenters. The molecule has 0 radical (unpaired) electrons. The third kappa shape index (κ3) is 3.28. The first-order valence-corrected chi connectivity index (χ1v) is 7.04. The van der Waals surface area contributed by atoms with Crippen molar-refractivity contribution >= 4 is 11.4 Å². The molecule has 0 aliphatic rings. The van der Waals surface area contributed by atoms with Crippen LogP contribution in [0.2, 0.25) is 0 Å². The maximum atomic E-state index is 5.76. The summed E-state index contributed by atoms with van der Waals surface area (Å²) >= 11 is 0. The molecule has 3 rings (SSSR count). The van der Waals surface area contributed by atoms with Crippen LogP contribution >= 0.6 is 0 Å². The molecule has 0 saturated heterocycles. The van der Waals surface area contributed by atoms with Crippen molar-refractivity contribution < 1.29 is 0 Å². The first-order valence-electron chi connectivity index (χ1n) is 7.04. The maximum Gasteiger partial charge on any atom is 0.0347 e. The Hall–Kier alpha value is -3.18. The summed E-state index contributed by atoms with van der Waals surface area (Å²) in [5.41, 5.74) is 16.9. The number of hydrogen-bond acceptors (Lipinski definition) is 2.